The van der Waals surface area contributed by atoms with Gasteiger partial charge < -0.3 is 15.0 Å². The minimum absolute atomic E-state index is 0.109. The molecule has 1 aliphatic heterocycles. The molecular weight excluding hydrogens is 240 g/mol. The predicted molar refractivity (Wildman–Crippen MR) is 76.5 cm³/mol. The van der Waals surface area contributed by atoms with Gasteiger partial charge in [-0.15, -0.1) is 0 Å². The number of nitrogens with one attached hydrogen (secondary N) is 1. The quantitative estimate of drug-likeness (QED) is 0.881. The smallest absolute Gasteiger partial charge is 0.257 e. The van der Waals surface area contributed by atoms with Gasteiger partial charge in [-0.05, 0) is 46.2 Å². The molecule has 0 aromatic carbocycles. The first-order valence-electron chi connectivity index (χ1n) is 7.05. The first-order valence-corrected chi connectivity index (χ1v) is 7.05. The fraction of sp³-hybridized carbons (Fsp3) is 0.714. The van der Waals surface area contributed by atoms with Gasteiger partial charge in [0.1, 0.15) is 0 Å². The van der Waals surface area contributed by atoms with Gasteiger partial charge in [-0.1, -0.05) is 0 Å². The predicted octanol–water partition coefficient (Wildman–Crippen LogP) is 2.02. The van der Waals surface area contributed by atoms with Crippen LogP contribution in [0.5, 0.6) is 5.88 Å². The molecule has 1 aromatic heterocycles. The highest BCUT2D eigenvalue weighted by Gasteiger charge is 2.18. The van der Waals surface area contributed by atoms with E-state index in [1.807, 2.05) is 13.8 Å². The third kappa shape index (κ3) is 4.35. The molecule has 1 fully saturated rings. The second-order valence-electron chi connectivity index (χ2n) is 5.53. The second-order valence-corrected chi connectivity index (χ2v) is 5.53. The maximum atomic E-state index is 5.66. The van der Waals surface area contributed by atoms with Crippen molar-refractivity contribution in [3.8, 4) is 5.88 Å². The van der Waals surface area contributed by atoms with Crippen molar-refractivity contribution in [2.45, 2.75) is 32.8 Å². The number of rotatable bonds is 5. The Morgan fingerprint density at radius 1 is 1.42 bits per heavy atom. The Bertz CT molecular complexity index is 397. The highest BCUT2D eigenvalue weighted by Crippen LogP contribution is 2.21. The topological polar surface area (TPSA) is 50.3 Å². The summed E-state index contributed by atoms with van der Waals surface area (Å²) in [6.07, 6.45) is 6.02. The summed E-state index contributed by atoms with van der Waals surface area (Å²) in [4.78, 5) is 10.9. The number of ether oxygens (including phenoxy) is 1. The zero-order chi connectivity index (χ0) is 13.7. The summed E-state index contributed by atoms with van der Waals surface area (Å²) in [6, 6.07) is 0. The number of piperidine rings is 1. The minimum atomic E-state index is 0.109. The lowest BCUT2D eigenvalue weighted by molar-refractivity contribution is 0.216. The highest BCUT2D eigenvalue weighted by atomic mass is 16.5. The number of likely N-dealkylation sites (tertiary alicyclic amines) is 1. The van der Waals surface area contributed by atoms with Crippen LogP contribution in [0, 0.1) is 5.92 Å². The Labute approximate surface area is 115 Å². The molecule has 0 spiro atoms. The number of nitrogens with zero attached hydrogens (tertiary/aromatic N) is 3. The van der Waals surface area contributed by atoms with Crippen molar-refractivity contribution in [2.24, 2.45) is 5.92 Å². The summed E-state index contributed by atoms with van der Waals surface area (Å²) >= 11 is 0. The molecule has 0 aliphatic carbocycles. The Morgan fingerprint density at radius 2 is 2.21 bits per heavy atom. The van der Waals surface area contributed by atoms with Crippen molar-refractivity contribution < 1.29 is 4.74 Å². The third-order valence-electron chi connectivity index (χ3n) is 3.29. The van der Waals surface area contributed by atoms with Crippen LogP contribution < -0.4 is 10.1 Å². The lowest BCUT2D eigenvalue weighted by atomic mass is 9.98. The van der Waals surface area contributed by atoms with Crippen molar-refractivity contribution in [2.75, 3.05) is 32.0 Å². The number of aromatic nitrogens is 2. The van der Waals surface area contributed by atoms with E-state index >= 15 is 0 Å². The van der Waals surface area contributed by atoms with Gasteiger partial charge >= 0.3 is 0 Å². The van der Waals surface area contributed by atoms with Crippen LogP contribution in [-0.2, 0) is 0 Å². The fourth-order valence-electron chi connectivity index (χ4n) is 2.44. The van der Waals surface area contributed by atoms with Crippen LogP contribution in [-0.4, -0.2) is 47.7 Å². The van der Waals surface area contributed by atoms with Gasteiger partial charge in [0.25, 0.3) is 5.88 Å². The Kier molecular flexibility index (Phi) is 4.96. The summed E-state index contributed by atoms with van der Waals surface area (Å²) in [7, 11) is 2.18. The molecule has 1 saturated heterocycles. The lowest BCUT2D eigenvalue weighted by Gasteiger charge is -2.29. The zero-order valence-corrected chi connectivity index (χ0v) is 12.1. The first-order chi connectivity index (χ1) is 9.15. The van der Waals surface area contributed by atoms with Crippen LogP contribution in [0.15, 0.2) is 12.4 Å². The Hall–Kier alpha value is -1.36. The maximum Gasteiger partial charge on any atom is 0.257 e. The summed E-state index contributed by atoms with van der Waals surface area (Å²) in [6.45, 7) is 7.28. The van der Waals surface area contributed by atoms with E-state index < -0.39 is 0 Å². The summed E-state index contributed by atoms with van der Waals surface area (Å²) < 4.78 is 5.66. The molecule has 0 amide bonds. The molecule has 19 heavy (non-hydrogen) atoms. The highest BCUT2D eigenvalue weighted by molar-refractivity contribution is 5.44. The van der Waals surface area contributed by atoms with Crippen molar-refractivity contribution >= 4 is 5.82 Å². The minimum Gasteiger partial charge on any atom is -0.472 e. The molecule has 2 rings (SSSR count). The summed E-state index contributed by atoms with van der Waals surface area (Å²) in [5.74, 6) is 2.03. The molecule has 106 valence electrons. The number of anilines is 1. The molecular formula is C14H24N4O. The van der Waals surface area contributed by atoms with Gasteiger partial charge in [-0.25, -0.2) is 9.97 Å². The van der Waals surface area contributed by atoms with Crippen molar-refractivity contribution in [1.29, 1.82) is 0 Å². The standard InChI is InChI=1S/C14H24N4O/c1-11(2)19-14-13(15-6-7-16-14)17-9-12-5-4-8-18(3)10-12/h6-7,11-12H,4-5,8-10H2,1-3H3,(H,15,17). The average Bonchev–Trinajstić information content (AvgIpc) is 2.37. The molecule has 1 atom stereocenters. The van der Waals surface area contributed by atoms with Gasteiger partial charge in [0, 0.05) is 25.5 Å². The van der Waals surface area contributed by atoms with Crippen LogP contribution in [0.1, 0.15) is 26.7 Å². The monoisotopic (exact) mass is 264 g/mol. The summed E-state index contributed by atoms with van der Waals surface area (Å²) in [5.41, 5.74) is 0. The molecule has 0 saturated carbocycles. The van der Waals surface area contributed by atoms with Gasteiger partial charge in [-0.2, -0.15) is 0 Å². The molecule has 1 unspecified atom stereocenters. The largest absolute Gasteiger partial charge is 0.472 e. The summed E-state index contributed by atoms with van der Waals surface area (Å²) in [5, 5.41) is 3.38. The Morgan fingerprint density at radius 3 is 2.95 bits per heavy atom. The zero-order valence-electron chi connectivity index (χ0n) is 12.1. The van der Waals surface area contributed by atoms with Crippen LogP contribution in [0.4, 0.5) is 5.82 Å². The van der Waals surface area contributed by atoms with E-state index in [0.717, 1.165) is 18.9 Å². The molecule has 0 radical (unpaired) electrons. The van der Waals surface area contributed by atoms with Crippen LogP contribution in [0.3, 0.4) is 0 Å². The number of hydrogen-bond acceptors (Lipinski definition) is 5. The Balaban J connectivity index is 1.91. The van der Waals surface area contributed by atoms with E-state index in [0.29, 0.717) is 11.8 Å². The molecule has 5 nitrogen and oxygen atoms in total. The van der Waals surface area contributed by atoms with Crippen molar-refractivity contribution in [3.05, 3.63) is 12.4 Å². The van der Waals surface area contributed by atoms with E-state index in [1.54, 1.807) is 12.4 Å². The van der Waals surface area contributed by atoms with Gasteiger partial charge in [-0.3, -0.25) is 0 Å². The van der Waals surface area contributed by atoms with Gasteiger partial charge in [0.2, 0.25) is 0 Å². The van der Waals surface area contributed by atoms with Gasteiger partial charge in [0.15, 0.2) is 5.82 Å². The van der Waals surface area contributed by atoms with E-state index in [4.69, 9.17) is 4.74 Å². The fourth-order valence-corrected chi connectivity index (χ4v) is 2.44. The molecule has 1 aliphatic rings. The lowest BCUT2D eigenvalue weighted by Crippen LogP contribution is -2.35. The van der Waals surface area contributed by atoms with Crippen molar-refractivity contribution in [3.63, 3.8) is 0 Å². The van der Waals surface area contributed by atoms with Crippen LogP contribution >= 0.6 is 0 Å². The van der Waals surface area contributed by atoms with Crippen molar-refractivity contribution in [1.82, 2.24) is 14.9 Å². The van der Waals surface area contributed by atoms with E-state index in [-0.39, 0.29) is 6.10 Å². The third-order valence-corrected chi connectivity index (χ3v) is 3.29. The first kappa shape index (κ1) is 14.1. The molecule has 1 aromatic rings. The van der Waals surface area contributed by atoms with E-state index in [1.165, 1.54) is 19.4 Å². The van der Waals surface area contributed by atoms with Crippen LogP contribution in [0.25, 0.3) is 0 Å². The molecule has 0 bridgehead atoms. The maximum absolute atomic E-state index is 5.66. The molecule has 2 heterocycles. The SMILES string of the molecule is CC(C)Oc1nccnc1NCC1CCCN(C)C1. The second kappa shape index (κ2) is 6.70. The van der Waals surface area contributed by atoms with Crippen LogP contribution in [0.2, 0.25) is 0 Å². The normalized spacial score (nSPS) is 20.5. The van der Waals surface area contributed by atoms with E-state index in [9.17, 15) is 0 Å². The molecule has 1 N–H and O–H groups in total. The molecule has 5 heteroatoms. The van der Waals surface area contributed by atoms with E-state index in [2.05, 4.69) is 27.2 Å². The van der Waals surface area contributed by atoms with Gasteiger partial charge in [0.05, 0.1) is 6.10 Å². The number of hydrogen-bond donors (Lipinski definition) is 1. The average molecular weight is 264 g/mol.